The van der Waals surface area contributed by atoms with Crippen molar-refractivity contribution in [1.29, 1.82) is 0 Å². The molecule has 3 amide bonds. The highest BCUT2D eigenvalue weighted by Crippen LogP contribution is 2.35. The van der Waals surface area contributed by atoms with Gasteiger partial charge in [0.1, 0.15) is 22.4 Å². The molecule has 1 atom stereocenters. The lowest BCUT2D eigenvalue weighted by atomic mass is 9.98. The largest absolute Gasteiger partial charge is 0.508 e. The average molecular weight is 512 g/mol. The molecule has 11 heteroatoms. The lowest BCUT2D eigenvalue weighted by Crippen LogP contribution is -2.50. The summed E-state index contributed by atoms with van der Waals surface area (Å²) in [5, 5.41) is 12.8. The maximum absolute atomic E-state index is 14.0. The Labute approximate surface area is 213 Å². The molecule has 36 heavy (non-hydrogen) atoms. The monoisotopic (exact) mass is 511 g/mol. The van der Waals surface area contributed by atoms with E-state index in [1.807, 2.05) is 20.8 Å². The molecule has 0 bridgehead atoms. The van der Waals surface area contributed by atoms with E-state index >= 15 is 0 Å². The first-order chi connectivity index (χ1) is 17.0. The second-order valence-electron chi connectivity index (χ2n) is 8.74. The third kappa shape index (κ3) is 5.57. The van der Waals surface area contributed by atoms with Crippen molar-refractivity contribution in [2.45, 2.75) is 38.8 Å². The van der Waals surface area contributed by atoms with Crippen molar-refractivity contribution in [1.82, 2.24) is 9.69 Å². The van der Waals surface area contributed by atoms with Crippen LogP contribution in [-0.4, -0.2) is 39.9 Å². The quantitative estimate of drug-likeness (QED) is 0.343. The zero-order chi connectivity index (χ0) is 26.6. The number of benzene rings is 2. The summed E-state index contributed by atoms with van der Waals surface area (Å²) in [4.78, 5) is 40.8. The molecule has 0 unspecified atom stereocenters. The highest BCUT2D eigenvalue weighted by atomic mass is 32.1. The molecule has 0 aliphatic rings. The number of nitrogens with two attached hydrogens (primary N) is 2. The van der Waals surface area contributed by atoms with Gasteiger partial charge in [-0.3, -0.25) is 19.3 Å². The van der Waals surface area contributed by atoms with E-state index in [0.717, 1.165) is 11.5 Å². The Morgan fingerprint density at radius 3 is 2.42 bits per heavy atom. The predicted molar refractivity (Wildman–Crippen MR) is 138 cm³/mol. The summed E-state index contributed by atoms with van der Waals surface area (Å²) in [6.45, 7) is 5.68. The van der Waals surface area contributed by atoms with Gasteiger partial charge in [-0.05, 0) is 61.6 Å². The minimum absolute atomic E-state index is 0.00357. The number of phenols is 1. The number of phenolic OH excluding ortho intramolecular Hbond substituents is 1. The number of nitrogens with zero attached hydrogens (tertiary/aromatic N) is 2. The fourth-order valence-electron chi connectivity index (χ4n) is 3.45. The molecule has 190 valence electrons. The van der Waals surface area contributed by atoms with E-state index in [2.05, 4.69) is 9.69 Å². The predicted octanol–water partition coefficient (Wildman–Crippen LogP) is 3.23. The normalized spacial score (nSPS) is 12.0. The van der Waals surface area contributed by atoms with E-state index in [-0.39, 0.29) is 22.0 Å². The Morgan fingerprint density at radius 1 is 1.19 bits per heavy atom. The van der Waals surface area contributed by atoms with E-state index in [0.29, 0.717) is 23.4 Å². The second-order valence-corrected chi connectivity index (χ2v) is 9.51. The van der Waals surface area contributed by atoms with Gasteiger partial charge in [-0.2, -0.15) is 4.37 Å². The first-order valence-electron chi connectivity index (χ1n) is 11.1. The molecule has 0 saturated carbocycles. The summed E-state index contributed by atoms with van der Waals surface area (Å²) in [5.74, 6) is -1.52. The number of carbonyl (C=O) groups excluding carboxylic acids is 3. The molecular weight excluding hydrogens is 482 g/mol. The van der Waals surface area contributed by atoms with Crippen molar-refractivity contribution in [3.8, 4) is 11.5 Å². The highest BCUT2D eigenvalue weighted by molar-refractivity contribution is 7.09. The average Bonchev–Trinajstić information content (AvgIpc) is 3.24. The van der Waals surface area contributed by atoms with E-state index in [1.54, 1.807) is 36.4 Å². The van der Waals surface area contributed by atoms with Crippen molar-refractivity contribution in [2.75, 3.05) is 17.7 Å². The summed E-state index contributed by atoms with van der Waals surface area (Å²) in [5.41, 5.74) is 11.3. The van der Waals surface area contributed by atoms with Gasteiger partial charge in [0.15, 0.2) is 5.69 Å². The minimum atomic E-state index is -1.17. The molecule has 1 heterocycles. The molecule has 2 aromatic carbocycles. The van der Waals surface area contributed by atoms with Crippen LogP contribution in [0.1, 0.15) is 59.0 Å². The van der Waals surface area contributed by atoms with Crippen molar-refractivity contribution >= 4 is 40.6 Å². The number of rotatable bonds is 9. The van der Waals surface area contributed by atoms with Crippen LogP contribution < -0.4 is 26.4 Å². The zero-order valence-corrected chi connectivity index (χ0v) is 21.3. The standard InChI is InChI=1S/C25H29N5O5S/c1-5-25(2,3)28-23(33)20(14-9-11-16(31)12-10-14)30(15-7-6-8-17(13-15)35-4)24(34)21-18(26)19(22(27)32)29-36-21/h6-13,20,31H,5,26H2,1-4H3,(H2,27,32)(H,28,33)/t20-/m0/s1. The fraction of sp³-hybridized carbons (Fsp3) is 0.280. The highest BCUT2D eigenvalue weighted by Gasteiger charge is 2.37. The molecule has 3 aromatic rings. The van der Waals surface area contributed by atoms with Crippen LogP contribution in [-0.2, 0) is 4.79 Å². The van der Waals surface area contributed by atoms with Gasteiger partial charge in [0.25, 0.3) is 11.8 Å². The van der Waals surface area contributed by atoms with Gasteiger partial charge in [-0.15, -0.1) is 0 Å². The topological polar surface area (TPSA) is 161 Å². The fourth-order valence-corrected chi connectivity index (χ4v) is 4.19. The number of methoxy groups -OCH3 is 1. The number of ether oxygens (including phenoxy) is 1. The third-order valence-corrected chi connectivity index (χ3v) is 6.62. The Kier molecular flexibility index (Phi) is 7.83. The SMILES string of the molecule is CCC(C)(C)NC(=O)[C@H](c1ccc(O)cc1)N(C(=O)c1snc(C(N)=O)c1N)c1cccc(OC)c1. The maximum atomic E-state index is 14.0. The summed E-state index contributed by atoms with van der Waals surface area (Å²) < 4.78 is 9.29. The number of primary amides is 1. The molecule has 0 aliphatic carbocycles. The van der Waals surface area contributed by atoms with E-state index in [4.69, 9.17) is 16.2 Å². The van der Waals surface area contributed by atoms with Crippen molar-refractivity contribution in [3.63, 3.8) is 0 Å². The van der Waals surface area contributed by atoms with Crippen molar-refractivity contribution in [2.24, 2.45) is 5.73 Å². The van der Waals surface area contributed by atoms with Gasteiger partial charge in [-0.25, -0.2) is 0 Å². The molecular formula is C25H29N5O5S. The summed E-state index contributed by atoms with van der Waals surface area (Å²) in [6, 6.07) is 11.5. The van der Waals surface area contributed by atoms with Crippen LogP contribution in [0.3, 0.4) is 0 Å². The van der Waals surface area contributed by atoms with Crippen LogP contribution in [0.4, 0.5) is 11.4 Å². The van der Waals surface area contributed by atoms with Gasteiger partial charge < -0.3 is 26.6 Å². The van der Waals surface area contributed by atoms with Crippen molar-refractivity contribution in [3.05, 3.63) is 64.7 Å². The molecule has 10 nitrogen and oxygen atoms in total. The number of carbonyl (C=O) groups is 3. The Morgan fingerprint density at radius 2 is 1.86 bits per heavy atom. The van der Waals surface area contributed by atoms with E-state index in [9.17, 15) is 19.5 Å². The number of hydrogen-bond donors (Lipinski definition) is 4. The molecule has 6 N–H and O–H groups in total. The number of aromatic nitrogens is 1. The molecule has 3 rings (SSSR count). The van der Waals surface area contributed by atoms with E-state index in [1.165, 1.54) is 24.1 Å². The van der Waals surface area contributed by atoms with Crippen LogP contribution in [0.5, 0.6) is 11.5 Å². The summed E-state index contributed by atoms with van der Waals surface area (Å²) in [7, 11) is 1.49. The number of hydrogen-bond acceptors (Lipinski definition) is 8. The number of anilines is 2. The van der Waals surface area contributed by atoms with Gasteiger partial charge in [0.05, 0.1) is 12.8 Å². The van der Waals surface area contributed by atoms with Crippen LogP contribution >= 0.6 is 11.5 Å². The Balaban J connectivity index is 2.25. The Hall–Kier alpha value is -4.12. The zero-order valence-electron chi connectivity index (χ0n) is 20.4. The number of nitrogen functional groups attached to an aromatic ring is 1. The van der Waals surface area contributed by atoms with Gasteiger partial charge >= 0.3 is 0 Å². The minimum Gasteiger partial charge on any atom is -0.508 e. The molecule has 0 fully saturated rings. The lowest BCUT2D eigenvalue weighted by Gasteiger charge is -2.34. The number of nitrogens with one attached hydrogen (secondary N) is 1. The first-order valence-corrected chi connectivity index (χ1v) is 11.9. The number of amides is 3. The summed E-state index contributed by atoms with van der Waals surface area (Å²) >= 11 is 0.720. The molecule has 0 aliphatic heterocycles. The molecule has 0 spiro atoms. The van der Waals surface area contributed by atoms with Gasteiger partial charge in [-0.1, -0.05) is 25.1 Å². The van der Waals surface area contributed by atoms with Crippen LogP contribution in [0.2, 0.25) is 0 Å². The van der Waals surface area contributed by atoms with Crippen molar-refractivity contribution < 1.29 is 24.2 Å². The molecule has 0 saturated heterocycles. The van der Waals surface area contributed by atoms with Crippen LogP contribution in [0.15, 0.2) is 48.5 Å². The summed E-state index contributed by atoms with van der Waals surface area (Å²) in [6.07, 6.45) is 0.637. The molecule has 0 radical (unpaired) electrons. The van der Waals surface area contributed by atoms with Gasteiger partial charge in [0.2, 0.25) is 5.91 Å². The van der Waals surface area contributed by atoms with Crippen LogP contribution in [0.25, 0.3) is 0 Å². The lowest BCUT2D eigenvalue weighted by molar-refractivity contribution is -0.124. The maximum Gasteiger partial charge on any atom is 0.273 e. The molecule has 1 aromatic heterocycles. The Bertz CT molecular complexity index is 1270. The number of aromatic hydroxyl groups is 1. The van der Waals surface area contributed by atoms with Crippen LogP contribution in [0, 0.1) is 0 Å². The smallest absolute Gasteiger partial charge is 0.273 e. The second kappa shape index (κ2) is 10.6. The van der Waals surface area contributed by atoms with E-state index < -0.39 is 29.3 Å². The third-order valence-electron chi connectivity index (χ3n) is 5.77. The first kappa shape index (κ1) is 26.5. The van der Waals surface area contributed by atoms with Gasteiger partial charge in [0, 0.05) is 17.3 Å².